The minimum Gasteiger partial charge on any atom is -0.372 e. The van der Waals surface area contributed by atoms with Gasteiger partial charge in [0.05, 0.1) is 11.5 Å². The summed E-state index contributed by atoms with van der Waals surface area (Å²) in [4.78, 5) is 8.18. The van der Waals surface area contributed by atoms with Gasteiger partial charge in [0.1, 0.15) is 22.4 Å². The predicted molar refractivity (Wildman–Crippen MR) is 74.6 cm³/mol. The van der Waals surface area contributed by atoms with E-state index in [0.717, 1.165) is 10.9 Å². The van der Waals surface area contributed by atoms with Gasteiger partial charge in [0.2, 0.25) is 0 Å². The second-order valence-electron chi connectivity index (χ2n) is 4.23. The first-order valence-corrected chi connectivity index (χ1v) is 8.28. The van der Waals surface area contributed by atoms with E-state index >= 15 is 0 Å². The van der Waals surface area contributed by atoms with Crippen LogP contribution in [-0.2, 0) is 9.84 Å². The van der Waals surface area contributed by atoms with Crippen LogP contribution < -0.4 is 10.6 Å². The van der Waals surface area contributed by atoms with Gasteiger partial charge in [-0.1, -0.05) is 0 Å². The largest absolute Gasteiger partial charge is 0.372 e. The Kier molecular flexibility index (Phi) is 4.06. The standard InChI is InChI=1S/C10H15BrN4O2S/c1-12-9-8(11)10(14-6-13-9)15-7-3-2-4-18(16,17)5-7/h6-7H,2-5H2,1H3,(H2,12,13,14,15). The summed E-state index contributed by atoms with van der Waals surface area (Å²) in [5.74, 6) is 1.75. The summed E-state index contributed by atoms with van der Waals surface area (Å²) in [6.07, 6.45) is 2.97. The maximum absolute atomic E-state index is 11.6. The molecule has 1 saturated heterocycles. The molecule has 1 aromatic rings. The molecule has 6 nitrogen and oxygen atoms in total. The Morgan fingerprint density at radius 3 is 2.78 bits per heavy atom. The lowest BCUT2D eigenvalue weighted by atomic mass is 10.2. The van der Waals surface area contributed by atoms with Gasteiger partial charge in [-0.05, 0) is 28.8 Å². The van der Waals surface area contributed by atoms with E-state index in [9.17, 15) is 8.42 Å². The highest BCUT2D eigenvalue weighted by Crippen LogP contribution is 2.27. The fourth-order valence-corrected chi connectivity index (χ4v) is 4.13. The minimum atomic E-state index is -2.92. The molecule has 0 spiro atoms. The second kappa shape index (κ2) is 5.40. The third kappa shape index (κ3) is 3.11. The average molecular weight is 335 g/mol. The molecule has 1 atom stereocenters. The molecular formula is C10H15BrN4O2S. The van der Waals surface area contributed by atoms with E-state index in [0.29, 0.717) is 18.1 Å². The van der Waals surface area contributed by atoms with Crippen molar-refractivity contribution >= 4 is 37.4 Å². The molecule has 100 valence electrons. The molecule has 0 saturated carbocycles. The molecule has 0 aromatic carbocycles. The van der Waals surface area contributed by atoms with Gasteiger partial charge in [0, 0.05) is 13.1 Å². The SMILES string of the molecule is CNc1ncnc(NC2CCCS(=O)(=O)C2)c1Br. The number of aromatic nitrogens is 2. The van der Waals surface area contributed by atoms with Crippen molar-refractivity contribution in [1.29, 1.82) is 0 Å². The fourth-order valence-electron chi connectivity index (χ4n) is 1.97. The monoisotopic (exact) mass is 334 g/mol. The van der Waals surface area contributed by atoms with Crippen molar-refractivity contribution < 1.29 is 8.42 Å². The molecule has 18 heavy (non-hydrogen) atoms. The third-order valence-corrected chi connectivity index (χ3v) is 5.40. The third-order valence-electron chi connectivity index (χ3n) is 2.83. The number of nitrogens with one attached hydrogen (secondary N) is 2. The number of rotatable bonds is 3. The molecule has 0 amide bonds. The van der Waals surface area contributed by atoms with Gasteiger partial charge >= 0.3 is 0 Å². The van der Waals surface area contributed by atoms with E-state index in [1.54, 1.807) is 7.05 Å². The number of hydrogen-bond acceptors (Lipinski definition) is 6. The Morgan fingerprint density at radius 1 is 1.39 bits per heavy atom. The topological polar surface area (TPSA) is 84.0 Å². The second-order valence-corrected chi connectivity index (χ2v) is 7.25. The highest BCUT2D eigenvalue weighted by atomic mass is 79.9. The molecule has 8 heteroatoms. The molecule has 1 aliphatic rings. The predicted octanol–water partition coefficient (Wildman–Crippen LogP) is 1.27. The van der Waals surface area contributed by atoms with Crippen molar-refractivity contribution in [2.75, 3.05) is 29.2 Å². The van der Waals surface area contributed by atoms with Crippen molar-refractivity contribution in [2.24, 2.45) is 0 Å². The number of sulfone groups is 1. The molecule has 1 aliphatic heterocycles. The summed E-state index contributed by atoms with van der Waals surface area (Å²) in [6, 6.07) is -0.0837. The Bertz CT molecular complexity index is 535. The number of anilines is 2. The van der Waals surface area contributed by atoms with E-state index in [1.165, 1.54) is 6.33 Å². The van der Waals surface area contributed by atoms with Gasteiger partial charge in [0.15, 0.2) is 9.84 Å². The zero-order valence-corrected chi connectivity index (χ0v) is 12.4. The highest BCUT2D eigenvalue weighted by Gasteiger charge is 2.25. The Labute approximate surface area is 115 Å². The van der Waals surface area contributed by atoms with Crippen LogP contribution in [0.1, 0.15) is 12.8 Å². The van der Waals surface area contributed by atoms with Crippen LogP contribution in [0, 0.1) is 0 Å². The average Bonchev–Trinajstić information content (AvgIpc) is 2.31. The van der Waals surface area contributed by atoms with Gasteiger partial charge in [-0.2, -0.15) is 0 Å². The van der Waals surface area contributed by atoms with Crippen molar-refractivity contribution in [3.05, 3.63) is 10.8 Å². The highest BCUT2D eigenvalue weighted by molar-refractivity contribution is 9.10. The lowest BCUT2D eigenvalue weighted by Crippen LogP contribution is -2.35. The van der Waals surface area contributed by atoms with E-state index in [4.69, 9.17) is 0 Å². The first kappa shape index (κ1) is 13.5. The quantitative estimate of drug-likeness (QED) is 0.865. The van der Waals surface area contributed by atoms with Gasteiger partial charge in [-0.3, -0.25) is 0 Å². The van der Waals surface area contributed by atoms with E-state index < -0.39 is 9.84 Å². The summed E-state index contributed by atoms with van der Waals surface area (Å²) in [5, 5.41) is 6.10. The Morgan fingerprint density at radius 2 is 2.11 bits per heavy atom. The van der Waals surface area contributed by atoms with Crippen molar-refractivity contribution in [3.63, 3.8) is 0 Å². The van der Waals surface area contributed by atoms with Crippen LogP contribution in [-0.4, -0.2) is 43.0 Å². The first-order chi connectivity index (χ1) is 8.52. The van der Waals surface area contributed by atoms with E-state index in [2.05, 4.69) is 36.5 Å². The van der Waals surface area contributed by atoms with Crippen LogP contribution in [0.2, 0.25) is 0 Å². The normalized spacial score (nSPS) is 22.4. The van der Waals surface area contributed by atoms with Crippen LogP contribution in [0.5, 0.6) is 0 Å². The zero-order valence-electron chi connectivity index (χ0n) is 9.98. The minimum absolute atomic E-state index is 0.0837. The van der Waals surface area contributed by atoms with Gasteiger partial charge in [-0.15, -0.1) is 0 Å². The molecule has 0 bridgehead atoms. The molecular weight excluding hydrogens is 320 g/mol. The summed E-state index contributed by atoms with van der Waals surface area (Å²) >= 11 is 3.40. The molecule has 2 heterocycles. The molecule has 1 aromatic heterocycles. The van der Waals surface area contributed by atoms with Crippen molar-refractivity contribution in [1.82, 2.24) is 9.97 Å². The molecule has 0 radical (unpaired) electrons. The number of nitrogens with zero attached hydrogens (tertiary/aromatic N) is 2. The van der Waals surface area contributed by atoms with Crippen LogP contribution in [0.15, 0.2) is 10.8 Å². The van der Waals surface area contributed by atoms with Gasteiger partial charge < -0.3 is 10.6 Å². The zero-order chi connectivity index (χ0) is 13.2. The van der Waals surface area contributed by atoms with Crippen LogP contribution in [0.3, 0.4) is 0 Å². The van der Waals surface area contributed by atoms with Crippen LogP contribution >= 0.6 is 15.9 Å². The maximum atomic E-state index is 11.6. The molecule has 2 N–H and O–H groups in total. The van der Waals surface area contributed by atoms with E-state index in [1.807, 2.05) is 0 Å². The summed E-state index contributed by atoms with van der Waals surface area (Å²) in [7, 11) is -1.15. The summed E-state index contributed by atoms with van der Waals surface area (Å²) < 4.78 is 23.8. The lowest BCUT2D eigenvalue weighted by Gasteiger charge is -2.24. The summed E-state index contributed by atoms with van der Waals surface area (Å²) in [6.45, 7) is 0. The Hall–Kier alpha value is -0.890. The van der Waals surface area contributed by atoms with E-state index in [-0.39, 0.29) is 17.5 Å². The molecule has 1 unspecified atom stereocenters. The smallest absolute Gasteiger partial charge is 0.152 e. The first-order valence-electron chi connectivity index (χ1n) is 5.67. The van der Waals surface area contributed by atoms with Gasteiger partial charge in [-0.25, -0.2) is 18.4 Å². The molecule has 0 aliphatic carbocycles. The maximum Gasteiger partial charge on any atom is 0.152 e. The molecule has 2 rings (SSSR count). The van der Waals surface area contributed by atoms with Crippen LogP contribution in [0.25, 0.3) is 0 Å². The van der Waals surface area contributed by atoms with Gasteiger partial charge in [0.25, 0.3) is 0 Å². The van der Waals surface area contributed by atoms with Crippen molar-refractivity contribution in [3.8, 4) is 0 Å². The van der Waals surface area contributed by atoms with Crippen LogP contribution in [0.4, 0.5) is 11.6 Å². The number of hydrogen-bond donors (Lipinski definition) is 2. The summed E-state index contributed by atoms with van der Waals surface area (Å²) in [5.41, 5.74) is 0. The van der Waals surface area contributed by atoms with Crippen molar-refractivity contribution in [2.45, 2.75) is 18.9 Å². The lowest BCUT2D eigenvalue weighted by molar-refractivity contribution is 0.561. The molecule has 1 fully saturated rings. The number of halogens is 1. The Balaban J connectivity index is 2.14. The fraction of sp³-hybridized carbons (Fsp3) is 0.600.